The van der Waals surface area contributed by atoms with Gasteiger partial charge in [0.05, 0.1) is 11.1 Å². The molecule has 0 radical (unpaired) electrons. The Hall–Kier alpha value is -4.02. The van der Waals surface area contributed by atoms with Crippen molar-refractivity contribution in [2.24, 2.45) is 0 Å². The minimum absolute atomic E-state index is 0.166. The highest BCUT2D eigenvalue weighted by molar-refractivity contribution is 7.09. The first kappa shape index (κ1) is 25.3. The Morgan fingerprint density at radius 1 is 1.08 bits per heavy atom. The zero-order valence-corrected chi connectivity index (χ0v) is 22.9. The summed E-state index contributed by atoms with van der Waals surface area (Å²) in [5.74, 6) is 1.91. The Morgan fingerprint density at radius 3 is 2.62 bits per heavy atom. The number of thiophene rings is 1. The lowest BCUT2D eigenvalue weighted by Gasteiger charge is -2.32. The lowest BCUT2D eigenvalue weighted by molar-refractivity contribution is 0.174. The largest absolute Gasteiger partial charge is 0.454 e. The predicted octanol–water partition coefficient (Wildman–Crippen LogP) is 4.89. The highest BCUT2D eigenvalue weighted by Gasteiger charge is 2.33. The second-order valence-corrected chi connectivity index (χ2v) is 11.7. The molecule has 0 unspecified atom stereocenters. The van der Waals surface area contributed by atoms with E-state index in [1.165, 1.54) is 10.4 Å². The summed E-state index contributed by atoms with van der Waals surface area (Å²) in [5.41, 5.74) is 1.91. The molecule has 10 heteroatoms. The van der Waals surface area contributed by atoms with Gasteiger partial charge in [-0.15, -0.1) is 16.4 Å². The zero-order chi connectivity index (χ0) is 27.0. The topological polar surface area (TPSA) is 98.2 Å². The average Bonchev–Trinajstić information content (AvgIpc) is 3.69. The summed E-state index contributed by atoms with van der Waals surface area (Å²) in [4.78, 5) is 20.4. The number of hydrogen-bond acceptors (Lipinski definition) is 8. The fraction of sp³-hybridized carbons (Fsp3) is 0.310. The molecule has 1 N–H and O–H groups in total. The number of tetrazole rings is 1. The van der Waals surface area contributed by atoms with Gasteiger partial charge in [0.1, 0.15) is 6.04 Å². The standard InChI is InChI=1S/C29H30N6O3S/c1-29(2,3)35-27(31-32-33-35)26(22-14-20-15-24-25(38-18-37-24)16-23(20)30-28(22)36)34(17-21-10-7-13-39-21)12-11-19-8-5-4-6-9-19/h4-10,13-16,26H,11-12,17-18H2,1-3H3,(H,30,36)/t26-/m0/s1. The van der Waals surface area contributed by atoms with Crippen molar-refractivity contribution in [2.75, 3.05) is 13.3 Å². The van der Waals surface area contributed by atoms with Gasteiger partial charge in [-0.05, 0) is 66.8 Å². The van der Waals surface area contributed by atoms with Gasteiger partial charge in [-0.3, -0.25) is 9.69 Å². The van der Waals surface area contributed by atoms with Crippen molar-refractivity contribution >= 4 is 22.2 Å². The Morgan fingerprint density at radius 2 is 1.87 bits per heavy atom. The van der Waals surface area contributed by atoms with Crippen LogP contribution in [0.5, 0.6) is 11.5 Å². The van der Waals surface area contributed by atoms with Gasteiger partial charge in [-0.25, -0.2) is 4.68 Å². The number of aromatic nitrogens is 5. The second kappa shape index (κ2) is 10.3. The highest BCUT2D eigenvalue weighted by atomic mass is 32.1. The van der Waals surface area contributed by atoms with Crippen LogP contribution in [-0.2, 0) is 18.5 Å². The van der Waals surface area contributed by atoms with E-state index in [4.69, 9.17) is 9.47 Å². The number of benzene rings is 2. The number of nitrogens with zero attached hydrogens (tertiary/aromatic N) is 5. The molecule has 0 saturated carbocycles. The molecule has 6 rings (SSSR count). The number of aromatic amines is 1. The first-order valence-corrected chi connectivity index (χ1v) is 13.8. The summed E-state index contributed by atoms with van der Waals surface area (Å²) >= 11 is 1.70. The van der Waals surface area contributed by atoms with Crippen molar-refractivity contribution < 1.29 is 9.47 Å². The second-order valence-electron chi connectivity index (χ2n) is 10.7. The molecule has 39 heavy (non-hydrogen) atoms. The van der Waals surface area contributed by atoms with Gasteiger partial charge < -0.3 is 14.5 Å². The van der Waals surface area contributed by atoms with E-state index >= 15 is 0 Å². The van der Waals surface area contributed by atoms with E-state index in [9.17, 15) is 4.79 Å². The molecule has 0 saturated heterocycles. The number of H-pyrrole nitrogens is 1. The molecule has 2 aromatic carbocycles. The maximum absolute atomic E-state index is 13.8. The van der Waals surface area contributed by atoms with Crippen LogP contribution in [0.4, 0.5) is 0 Å². The number of rotatable bonds is 8. The molecule has 200 valence electrons. The molecule has 0 spiro atoms. The molecule has 9 nitrogen and oxygen atoms in total. The van der Waals surface area contributed by atoms with Gasteiger partial charge in [0.15, 0.2) is 17.3 Å². The molecule has 4 heterocycles. The molecule has 0 aliphatic carbocycles. The van der Waals surface area contributed by atoms with Crippen LogP contribution in [0.1, 0.15) is 48.6 Å². The lowest BCUT2D eigenvalue weighted by atomic mass is 10.0. The Labute approximate surface area is 230 Å². The average molecular weight is 543 g/mol. The van der Waals surface area contributed by atoms with Crippen LogP contribution in [-0.4, -0.2) is 43.4 Å². The van der Waals surface area contributed by atoms with Crippen LogP contribution in [0.15, 0.2) is 70.8 Å². The molecular formula is C29H30N6O3S. The fourth-order valence-electron chi connectivity index (χ4n) is 4.98. The van der Waals surface area contributed by atoms with E-state index < -0.39 is 6.04 Å². The van der Waals surface area contributed by atoms with E-state index in [0.717, 1.165) is 11.8 Å². The molecule has 5 aromatic rings. The van der Waals surface area contributed by atoms with Gasteiger partial charge in [0, 0.05) is 35.0 Å². The summed E-state index contributed by atoms with van der Waals surface area (Å²) in [7, 11) is 0. The van der Waals surface area contributed by atoms with Crippen LogP contribution in [0.3, 0.4) is 0 Å². The van der Waals surface area contributed by atoms with Crippen molar-refractivity contribution in [3.05, 3.63) is 98.2 Å². The molecule has 0 amide bonds. The van der Waals surface area contributed by atoms with Crippen molar-refractivity contribution in [3.8, 4) is 11.5 Å². The van der Waals surface area contributed by atoms with E-state index in [-0.39, 0.29) is 17.9 Å². The number of ether oxygens (including phenoxy) is 2. The molecule has 0 bridgehead atoms. The third-order valence-electron chi connectivity index (χ3n) is 6.87. The molecule has 1 aliphatic heterocycles. The van der Waals surface area contributed by atoms with Crippen molar-refractivity contribution in [1.82, 2.24) is 30.1 Å². The zero-order valence-electron chi connectivity index (χ0n) is 22.1. The monoisotopic (exact) mass is 542 g/mol. The predicted molar refractivity (Wildman–Crippen MR) is 150 cm³/mol. The summed E-state index contributed by atoms with van der Waals surface area (Å²) < 4.78 is 13.0. The van der Waals surface area contributed by atoms with E-state index in [1.807, 2.05) is 28.9 Å². The maximum atomic E-state index is 13.8. The number of nitrogens with one attached hydrogen (secondary N) is 1. The minimum Gasteiger partial charge on any atom is -0.454 e. The van der Waals surface area contributed by atoms with Gasteiger partial charge in [0.25, 0.3) is 5.56 Å². The lowest BCUT2D eigenvalue weighted by Crippen LogP contribution is -2.38. The summed E-state index contributed by atoms with van der Waals surface area (Å²) in [6.45, 7) is 7.68. The molecule has 0 fully saturated rings. The molecular weight excluding hydrogens is 512 g/mol. The summed E-state index contributed by atoms with van der Waals surface area (Å²) in [5, 5.41) is 15.9. The fourth-order valence-corrected chi connectivity index (χ4v) is 5.71. The quantitative estimate of drug-likeness (QED) is 0.298. The van der Waals surface area contributed by atoms with Crippen LogP contribution >= 0.6 is 11.3 Å². The van der Waals surface area contributed by atoms with Crippen LogP contribution in [0.2, 0.25) is 0 Å². The van der Waals surface area contributed by atoms with Crippen molar-refractivity contribution in [2.45, 2.75) is 45.3 Å². The van der Waals surface area contributed by atoms with Gasteiger partial charge in [-0.2, -0.15) is 0 Å². The highest BCUT2D eigenvalue weighted by Crippen LogP contribution is 2.37. The van der Waals surface area contributed by atoms with Crippen molar-refractivity contribution in [1.29, 1.82) is 0 Å². The Kier molecular flexibility index (Phi) is 6.66. The maximum Gasteiger partial charge on any atom is 0.253 e. The third kappa shape index (κ3) is 5.17. The van der Waals surface area contributed by atoms with E-state index in [0.29, 0.717) is 41.5 Å². The third-order valence-corrected chi connectivity index (χ3v) is 7.73. The van der Waals surface area contributed by atoms with Gasteiger partial charge >= 0.3 is 0 Å². The number of pyridine rings is 1. The first-order valence-electron chi connectivity index (χ1n) is 12.9. The smallest absolute Gasteiger partial charge is 0.253 e. The van der Waals surface area contributed by atoms with Crippen molar-refractivity contribution in [3.63, 3.8) is 0 Å². The summed E-state index contributed by atoms with van der Waals surface area (Å²) in [6, 6.07) is 19.7. The number of fused-ring (bicyclic) bond motifs is 2. The van der Waals surface area contributed by atoms with E-state index in [2.05, 4.69) is 88.0 Å². The Balaban J connectivity index is 1.51. The Bertz CT molecular complexity index is 1640. The van der Waals surface area contributed by atoms with Gasteiger partial charge in [0.2, 0.25) is 6.79 Å². The molecule has 3 aromatic heterocycles. The molecule has 1 aliphatic rings. The van der Waals surface area contributed by atoms with Gasteiger partial charge in [-0.1, -0.05) is 36.4 Å². The molecule has 1 atom stereocenters. The first-order chi connectivity index (χ1) is 18.9. The van der Waals surface area contributed by atoms with Crippen LogP contribution in [0.25, 0.3) is 10.9 Å². The summed E-state index contributed by atoms with van der Waals surface area (Å²) in [6.07, 6.45) is 0.809. The minimum atomic E-state index is -0.497. The SMILES string of the molecule is CC(C)(C)n1nnnc1[C@H](c1cc2cc3c(cc2[nH]c1=O)OCO3)N(CCc1ccccc1)Cc1cccs1. The number of hydrogen-bond donors (Lipinski definition) is 1. The normalized spacial score (nSPS) is 13.8. The van der Waals surface area contributed by atoms with Crippen LogP contribution in [0, 0.1) is 0 Å². The van der Waals surface area contributed by atoms with Crippen LogP contribution < -0.4 is 15.0 Å². The van der Waals surface area contributed by atoms with E-state index in [1.54, 1.807) is 11.3 Å².